The maximum absolute atomic E-state index is 11.1. The average molecular weight is 290 g/mol. The average Bonchev–Trinajstić information content (AvgIpc) is 2.43. The Morgan fingerprint density at radius 3 is 2.47 bits per heavy atom. The highest BCUT2D eigenvalue weighted by atomic mass is 35.5. The summed E-state index contributed by atoms with van der Waals surface area (Å²) in [6, 6.07) is 15.3. The number of benzene rings is 2. The summed E-state index contributed by atoms with van der Waals surface area (Å²) < 4.78 is 0. The van der Waals surface area contributed by atoms with Gasteiger partial charge in [0.2, 0.25) is 5.91 Å². The summed E-state index contributed by atoms with van der Waals surface area (Å²) in [6.45, 7) is 3.41. The summed E-state index contributed by atoms with van der Waals surface area (Å²) in [5.41, 5.74) is 0.744. The number of rotatable bonds is 4. The zero-order valence-corrected chi connectivity index (χ0v) is 11.7. The summed E-state index contributed by atoms with van der Waals surface area (Å²) in [4.78, 5) is 13.2. The van der Waals surface area contributed by atoms with Gasteiger partial charge in [0.15, 0.2) is 0 Å². The lowest BCUT2D eigenvalue weighted by molar-refractivity contribution is -0.111. The van der Waals surface area contributed by atoms with Gasteiger partial charge in [0.1, 0.15) is 0 Å². The molecule has 0 heterocycles. The fraction of sp³-hybridized carbons (Fsp3) is 0. The number of halogens is 1. The summed E-state index contributed by atoms with van der Waals surface area (Å²) >= 11 is 7.69. The van der Waals surface area contributed by atoms with E-state index in [1.54, 1.807) is 11.8 Å². The van der Waals surface area contributed by atoms with E-state index in [1.165, 1.54) is 6.08 Å². The Kier molecular flexibility index (Phi) is 4.66. The minimum Gasteiger partial charge on any atom is -0.323 e. The summed E-state index contributed by atoms with van der Waals surface area (Å²) in [6.07, 6.45) is 1.24. The van der Waals surface area contributed by atoms with Crippen molar-refractivity contribution in [1.82, 2.24) is 0 Å². The Labute approximate surface area is 121 Å². The van der Waals surface area contributed by atoms with Crippen molar-refractivity contribution >= 4 is 35.0 Å². The van der Waals surface area contributed by atoms with Gasteiger partial charge in [0.05, 0.1) is 5.02 Å². The van der Waals surface area contributed by atoms with Crippen LogP contribution in [0.25, 0.3) is 0 Å². The normalized spacial score (nSPS) is 9.95. The van der Waals surface area contributed by atoms with Crippen LogP contribution in [0.5, 0.6) is 0 Å². The van der Waals surface area contributed by atoms with Crippen molar-refractivity contribution in [3.05, 3.63) is 66.2 Å². The Balaban J connectivity index is 2.09. The quantitative estimate of drug-likeness (QED) is 0.832. The number of hydrogen-bond acceptors (Lipinski definition) is 2. The third-order valence-corrected chi connectivity index (χ3v) is 3.90. The molecule has 4 heteroatoms. The van der Waals surface area contributed by atoms with Gasteiger partial charge in [-0.15, -0.1) is 0 Å². The van der Waals surface area contributed by atoms with E-state index in [0.717, 1.165) is 20.5 Å². The molecule has 0 atom stereocenters. The van der Waals surface area contributed by atoms with E-state index in [-0.39, 0.29) is 5.91 Å². The molecule has 96 valence electrons. The van der Waals surface area contributed by atoms with Crippen molar-refractivity contribution in [2.75, 3.05) is 5.32 Å². The van der Waals surface area contributed by atoms with E-state index in [4.69, 9.17) is 11.6 Å². The molecule has 1 N–H and O–H groups in total. The lowest BCUT2D eigenvalue weighted by Crippen LogP contribution is -2.06. The molecule has 19 heavy (non-hydrogen) atoms. The Morgan fingerprint density at radius 1 is 1.16 bits per heavy atom. The van der Waals surface area contributed by atoms with Gasteiger partial charge in [-0.3, -0.25) is 4.79 Å². The topological polar surface area (TPSA) is 29.1 Å². The van der Waals surface area contributed by atoms with Crippen LogP contribution in [-0.4, -0.2) is 5.91 Å². The van der Waals surface area contributed by atoms with Crippen LogP contribution in [0.4, 0.5) is 5.69 Å². The van der Waals surface area contributed by atoms with Gasteiger partial charge in [0.25, 0.3) is 0 Å². The van der Waals surface area contributed by atoms with E-state index in [9.17, 15) is 4.79 Å². The molecule has 0 radical (unpaired) electrons. The molecule has 2 aromatic rings. The van der Waals surface area contributed by atoms with Crippen molar-refractivity contribution in [2.45, 2.75) is 9.79 Å². The fourth-order valence-electron chi connectivity index (χ4n) is 1.45. The minimum absolute atomic E-state index is 0.216. The molecule has 0 saturated carbocycles. The molecule has 0 saturated heterocycles. The van der Waals surface area contributed by atoms with Gasteiger partial charge in [-0.1, -0.05) is 42.1 Å². The summed E-state index contributed by atoms with van der Waals surface area (Å²) in [5.74, 6) is -0.216. The van der Waals surface area contributed by atoms with Crippen LogP contribution < -0.4 is 5.32 Å². The number of nitrogens with one attached hydrogen (secondary N) is 1. The zero-order valence-electron chi connectivity index (χ0n) is 10.1. The van der Waals surface area contributed by atoms with Crippen molar-refractivity contribution in [3.63, 3.8) is 0 Å². The van der Waals surface area contributed by atoms with E-state index >= 15 is 0 Å². The maximum atomic E-state index is 11.1. The predicted octanol–water partition coefficient (Wildman–Crippen LogP) is 4.62. The molecule has 2 aromatic carbocycles. The highest BCUT2D eigenvalue weighted by Crippen LogP contribution is 2.33. The van der Waals surface area contributed by atoms with Gasteiger partial charge >= 0.3 is 0 Å². The van der Waals surface area contributed by atoms with Crippen molar-refractivity contribution in [1.29, 1.82) is 0 Å². The molecule has 0 aromatic heterocycles. The van der Waals surface area contributed by atoms with Gasteiger partial charge < -0.3 is 5.32 Å². The molecule has 0 aliphatic heterocycles. The van der Waals surface area contributed by atoms with Crippen LogP contribution in [0.1, 0.15) is 0 Å². The van der Waals surface area contributed by atoms with Gasteiger partial charge in [-0.05, 0) is 42.5 Å². The van der Waals surface area contributed by atoms with Crippen LogP contribution >= 0.6 is 23.4 Å². The van der Waals surface area contributed by atoms with Crippen LogP contribution in [0.2, 0.25) is 5.02 Å². The van der Waals surface area contributed by atoms with E-state index in [1.807, 2.05) is 48.5 Å². The molecule has 0 fully saturated rings. The van der Waals surface area contributed by atoms with Gasteiger partial charge in [-0.25, -0.2) is 0 Å². The molecule has 0 spiro atoms. The third kappa shape index (κ3) is 3.88. The summed E-state index contributed by atoms with van der Waals surface area (Å²) in [5, 5.41) is 3.43. The maximum Gasteiger partial charge on any atom is 0.247 e. The smallest absolute Gasteiger partial charge is 0.247 e. The zero-order chi connectivity index (χ0) is 13.7. The second-order valence-electron chi connectivity index (χ2n) is 3.75. The second kappa shape index (κ2) is 6.45. The monoisotopic (exact) mass is 289 g/mol. The number of carbonyl (C=O) groups is 1. The molecule has 2 nitrogen and oxygen atoms in total. The molecule has 0 aliphatic rings. The molecule has 0 aliphatic carbocycles. The standard InChI is InChI=1S/C15H12ClNOS/c1-2-15(18)17-11-7-9-12(10-8-11)19-14-6-4-3-5-13(14)16/h2-10H,1H2,(H,17,18). The van der Waals surface area contributed by atoms with Gasteiger partial charge in [-0.2, -0.15) is 0 Å². The van der Waals surface area contributed by atoms with Crippen LogP contribution in [0.3, 0.4) is 0 Å². The molecule has 1 amide bonds. The fourth-order valence-corrected chi connectivity index (χ4v) is 2.54. The number of anilines is 1. The third-order valence-electron chi connectivity index (χ3n) is 2.37. The van der Waals surface area contributed by atoms with Crippen LogP contribution in [-0.2, 0) is 4.79 Å². The lowest BCUT2D eigenvalue weighted by Gasteiger charge is -2.06. The Hall–Kier alpha value is -1.71. The first-order valence-electron chi connectivity index (χ1n) is 5.65. The summed E-state index contributed by atoms with van der Waals surface area (Å²) in [7, 11) is 0. The van der Waals surface area contributed by atoms with Crippen molar-refractivity contribution in [2.24, 2.45) is 0 Å². The number of hydrogen-bond donors (Lipinski definition) is 1. The highest BCUT2D eigenvalue weighted by Gasteiger charge is 2.02. The number of carbonyl (C=O) groups excluding carboxylic acids is 1. The molecule has 2 rings (SSSR count). The Morgan fingerprint density at radius 2 is 1.84 bits per heavy atom. The van der Waals surface area contributed by atoms with Crippen LogP contribution in [0, 0.1) is 0 Å². The van der Waals surface area contributed by atoms with E-state index in [0.29, 0.717) is 0 Å². The predicted molar refractivity (Wildman–Crippen MR) is 80.8 cm³/mol. The van der Waals surface area contributed by atoms with E-state index < -0.39 is 0 Å². The first-order valence-corrected chi connectivity index (χ1v) is 6.84. The van der Waals surface area contributed by atoms with Crippen LogP contribution in [0.15, 0.2) is 71.0 Å². The number of amides is 1. The molecular weight excluding hydrogens is 278 g/mol. The van der Waals surface area contributed by atoms with Gasteiger partial charge in [0, 0.05) is 15.5 Å². The van der Waals surface area contributed by atoms with Crippen molar-refractivity contribution in [3.8, 4) is 0 Å². The first kappa shape index (κ1) is 13.7. The van der Waals surface area contributed by atoms with Crippen molar-refractivity contribution < 1.29 is 4.79 Å². The molecule has 0 unspecified atom stereocenters. The Bertz CT molecular complexity index is 595. The minimum atomic E-state index is -0.216. The SMILES string of the molecule is C=CC(=O)Nc1ccc(Sc2ccccc2Cl)cc1. The lowest BCUT2D eigenvalue weighted by atomic mass is 10.3. The van der Waals surface area contributed by atoms with E-state index in [2.05, 4.69) is 11.9 Å². The molecular formula is C15H12ClNOS. The first-order chi connectivity index (χ1) is 9.19. The molecule has 0 bridgehead atoms. The highest BCUT2D eigenvalue weighted by molar-refractivity contribution is 7.99. The second-order valence-corrected chi connectivity index (χ2v) is 5.27. The largest absolute Gasteiger partial charge is 0.323 e.